The number of carbonyl (C=O) groups excluding carboxylic acids is 1. The van der Waals surface area contributed by atoms with E-state index in [1.807, 2.05) is 37.3 Å². The Morgan fingerprint density at radius 3 is 2.65 bits per heavy atom. The van der Waals surface area contributed by atoms with Gasteiger partial charge in [-0.05, 0) is 93.1 Å². The van der Waals surface area contributed by atoms with Gasteiger partial charge in [-0.1, -0.05) is 25.1 Å². The molecule has 1 heterocycles. The first-order valence-electron chi connectivity index (χ1n) is 11.8. The normalized spacial score (nSPS) is 43.0. The first-order valence-corrected chi connectivity index (χ1v) is 11.8. The molecule has 5 nitrogen and oxygen atoms in total. The monoisotopic (exact) mass is 423 g/mol. The van der Waals surface area contributed by atoms with E-state index in [9.17, 15) is 19.8 Å². The van der Waals surface area contributed by atoms with Crippen LogP contribution < -0.4 is 5.32 Å². The second-order valence-corrected chi connectivity index (χ2v) is 10.8. The zero-order chi connectivity index (χ0) is 22.0. The largest absolute Gasteiger partial charge is 0.481 e. The van der Waals surface area contributed by atoms with Gasteiger partial charge in [-0.25, -0.2) is 0 Å². The van der Waals surface area contributed by atoms with Gasteiger partial charge < -0.3 is 15.5 Å². The molecule has 0 spiro atoms. The standard InChI is InChI=1S/C26H33NO4/c1-25-11-9-16(28)13-15(25)7-8-17-19(25)10-12-26(2,24(30)31)20(17)14-22-23(29)18-5-3-4-6-21(18)27-22/h3-6,14-17,19-20,27-28H,7-13H2,1-2H3,(H,30,31)/b22-14+/t15-,16+,17-,19+,20?,25+,26+/m1/s1. The molecule has 3 fully saturated rings. The minimum atomic E-state index is -0.873. The Kier molecular flexibility index (Phi) is 4.81. The second kappa shape index (κ2) is 7.19. The van der Waals surface area contributed by atoms with Gasteiger partial charge in [-0.15, -0.1) is 0 Å². The van der Waals surface area contributed by atoms with E-state index in [-0.39, 0.29) is 29.1 Å². The Bertz CT molecular complexity index is 954. The van der Waals surface area contributed by atoms with Crippen molar-refractivity contribution >= 4 is 17.4 Å². The number of anilines is 1. The summed E-state index contributed by atoms with van der Waals surface area (Å²) in [5.74, 6) is 0.210. The molecule has 1 aliphatic heterocycles. The molecular weight excluding hydrogens is 390 g/mol. The van der Waals surface area contributed by atoms with Crippen molar-refractivity contribution < 1.29 is 19.8 Å². The average molecular weight is 424 g/mol. The van der Waals surface area contributed by atoms with Crippen LogP contribution in [0.1, 0.15) is 69.2 Å². The predicted molar refractivity (Wildman–Crippen MR) is 119 cm³/mol. The summed E-state index contributed by atoms with van der Waals surface area (Å²) in [7, 11) is 0. The number of Topliss-reactive ketones (excluding diaryl/α,β-unsaturated/α-hetero) is 1. The van der Waals surface area contributed by atoms with Gasteiger partial charge in [0.2, 0.25) is 5.78 Å². The molecule has 5 heteroatoms. The SMILES string of the molecule is C[C@]12CC[C@H](O)C[C@H]1CC[C@H]1C(/C=C3/Nc4ccccc4C3=O)[C@@](C)(C(=O)O)CC[C@@H]12. The van der Waals surface area contributed by atoms with Crippen LogP contribution >= 0.6 is 0 Å². The molecular formula is C26H33NO4. The number of fused-ring (bicyclic) bond motifs is 4. The topological polar surface area (TPSA) is 86.6 Å². The summed E-state index contributed by atoms with van der Waals surface area (Å²) in [6.45, 7) is 4.25. The van der Waals surface area contributed by atoms with Crippen LogP contribution in [0, 0.1) is 34.5 Å². The molecule has 0 aromatic heterocycles. The lowest BCUT2D eigenvalue weighted by Gasteiger charge is -2.60. The van der Waals surface area contributed by atoms with Gasteiger partial charge in [0.25, 0.3) is 0 Å². The molecule has 0 saturated heterocycles. The van der Waals surface area contributed by atoms with Crippen LogP contribution in [0.2, 0.25) is 0 Å². The van der Waals surface area contributed by atoms with Gasteiger partial charge in [-0.3, -0.25) is 9.59 Å². The minimum Gasteiger partial charge on any atom is -0.481 e. The summed E-state index contributed by atoms with van der Waals surface area (Å²) in [4.78, 5) is 25.5. The van der Waals surface area contributed by atoms with Crippen molar-refractivity contribution in [2.24, 2.45) is 34.5 Å². The molecule has 5 rings (SSSR count). The maximum atomic E-state index is 13.0. The van der Waals surface area contributed by atoms with E-state index in [2.05, 4.69) is 12.2 Å². The van der Waals surface area contributed by atoms with Gasteiger partial charge in [0.15, 0.2) is 0 Å². The van der Waals surface area contributed by atoms with Crippen molar-refractivity contribution in [3.05, 3.63) is 41.6 Å². The van der Waals surface area contributed by atoms with Crippen LogP contribution in [0.4, 0.5) is 5.69 Å². The summed E-state index contributed by atoms with van der Waals surface area (Å²) in [6.07, 6.45) is 8.04. The lowest BCUT2D eigenvalue weighted by molar-refractivity contribution is -0.164. The van der Waals surface area contributed by atoms with Gasteiger partial charge in [-0.2, -0.15) is 0 Å². The van der Waals surface area contributed by atoms with Crippen LogP contribution in [-0.2, 0) is 4.79 Å². The maximum absolute atomic E-state index is 13.0. The highest BCUT2D eigenvalue weighted by Crippen LogP contribution is 2.63. The van der Waals surface area contributed by atoms with Gasteiger partial charge >= 0.3 is 5.97 Å². The van der Waals surface area contributed by atoms with Crippen molar-refractivity contribution in [3.63, 3.8) is 0 Å². The predicted octanol–water partition coefficient (Wildman–Crippen LogP) is 4.87. The number of allylic oxidation sites excluding steroid dienone is 2. The van der Waals surface area contributed by atoms with Crippen LogP contribution in [-0.4, -0.2) is 28.1 Å². The molecule has 31 heavy (non-hydrogen) atoms. The molecule has 3 aliphatic carbocycles. The number of nitrogens with one attached hydrogen (secondary N) is 1. The fraction of sp³-hybridized carbons (Fsp3) is 0.615. The molecule has 4 aliphatic rings. The maximum Gasteiger partial charge on any atom is 0.309 e. The smallest absolute Gasteiger partial charge is 0.309 e. The number of ketones is 1. The summed E-state index contributed by atoms with van der Waals surface area (Å²) in [5, 5.41) is 23.7. The van der Waals surface area contributed by atoms with Crippen molar-refractivity contribution in [2.45, 2.75) is 64.9 Å². The fourth-order valence-electron chi connectivity index (χ4n) is 7.48. The lowest BCUT2D eigenvalue weighted by atomic mass is 9.44. The zero-order valence-corrected chi connectivity index (χ0v) is 18.4. The first kappa shape index (κ1) is 20.7. The van der Waals surface area contributed by atoms with Gasteiger partial charge in [0, 0.05) is 11.3 Å². The number of para-hydroxylation sites is 1. The highest BCUT2D eigenvalue weighted by atomic mass is 16.4. The summed E-state index contributed by atoms with van der Waals surface area (Å²) in [6, 6.07) is 7.48. The Labute approximate surface area is 183 Å². The van der Waals surface area contributed by atoms with Crippen molar-refractivity contribution in [1.29, 1.82) is 0 Å². The highest BCUT2D eigenvalue weighted by molar-refractivity contribution is 6.18. The highest BCUT2D eigenvalue weighted by Gasteiger charge is 2.58. The second-order valence-electron chi connectivity index (χ2n) is 10.8. The zero-order valence-electron chi connectivity index (χ0n) is 18.4. The number of aliphatic hydroxyl groups excluding tert-OH is 1. The molecule has 1 unspecified atom stereocenters. The summed E-state index contributed by atoms with van der Waals surface area (Å²) < 4.78 is 0. The van der Waals surface area contributed by atoms with Crippen molar-refractivity contribution in [3.8, 4) is 0 Å². The number of hydrogen-bond acceptors (Lipinski definition) is 4. The third kappa shape index (κ3) is 3.07. The third-order valence-electron chi connectivity index (χ3n) is 9.41. The molecule has 3 saturated carbocycles. The Morgan fingerprint density at radius 2 is 1.90 bits per heavy atom. The Hall–Kier alpha value is -2.14. The number of rotatable bonds is 2. The Morgan fingerprint density at radius 1 is 1.13 bits per heavy atom. The molecule has 1 aromatic rings. The van der Waals surface area contributed by atoms with Crippen LogP contribution in [0.3, 0.4) is 0 Å². The fourth-order valence-corrected chi connectivity index (χ4v) is 7.48. The van der Waals surface area contributed by atoms with E-state index in [0.717, 1.165) is 44.2 Å². The summed E-state index contributed by atoms with van der Waals surface area (Å²) in [5.41, 5.74) is 1.28. The Balaban J connectivity index is 1.52. The van der Waals surface area contributed by atoms with E-state index >= 15 is 0 Å². The first-order chi connectivity index (χ1) is 14.7. The van der Waals surface area contributed by atoms with E-state index < -0.39 is 11.4 Å². The molecule has 7 atom stereocenters. The number of aliphatic hydroxyl groups is 1. The van der Waals surface area contributed by atoms with Crippen LogP contribution in [0.15, 0.2) is 36.0 Å². The number of carboxylic acids is 1. The van der Waals surface area contributed by atoms with Crippen LogP contribution in [0.5, 0.6) is 0 Å². The quantitative estimate of drug-likeness (QED) is 0.591. The molecule has 1 aromatic carbocycles. The number of aliphatic carboxylic acids is 1. The molecule has 0 bridgehead atoms. The van der Waals surface area contributed by atoms with Crippen LogP contribution in [0.25, 0.3) is 0 Å². The van der Waals surface area contributed by atoms with Gasteiger partial charge in [0.1, 0.15) is 0 Å². The molecule has 166 valence electrons. The van der Waals surface area contributed by atoms with Crippen molar-refractivity contribution in [2.75, 3.05) is 5.32 Å². The molecule has 0 radical (unpaired) electrons. The van der Waals surface area contributed by atoms with E-state index in [4.69, 9.17) is 0 Å². The minimum absolute atomic E-state index is 0.0360. The lowest BCUT2D eigenvalue weighted by Crippen LogP contribution is -2.55. The van der Waals surface area contributed by atoms with Crippen molar-refractivity contribution in [1.82, 2.24) is 0 Å². The van der Waals surface area contributed by atoms with E-state index in [1.54, 1.807) is 0 Å². The number of hydrogen-bond donors (Lipinski definition) is 3. The van der Waals surface area contributed by atoms with Gasteiger partial charge in [0.05, 0.1) is 17.2 Å². The number of benzene rings is 1. The van der Waals surface area contributed by atoms with E-state index in [0.29, 0.717) is 29.5 Å². The molecule has 3 N–H and O–H groups in total. The number of carbonyl (C=O) groups is 2. The number of carboxylic acid groups (broad SMARTS) is 1. The average Bonchev–Trinajstić information content (AvgIpc) is 3.06. The third-order valence-corrected chi connectivity index (χ3v) is 9.41. The van der Waals surface area contributed by atoms with E-state index in [1.165, 1.54) is 0 Å². The summed E-state index contributed by atoms with van der Waals surface area (Å²) >= 11 is 0. The molecule has 0 amide bonds.